The van der Waals surface area contributed by atoms with Gasteiger partial charge in [0.15, 0.2) is 0 Å². The first kappa shape index (κ1) is 15.5. The van der Waals surface area contributed by atoms with Crippen LogP contribution >= 0.6 is 11.3 Å². The zero-order valence-electron chi connectivity index (χ0n) is 13.0. The van der Waals surface area contributed by atoms with Crippen LogP contribution in [-0.4, -0.2) is 41.3 Å². The summed E-state index contributed by atoms with van der Waals surface area (Å²) in [6, 6.07) is 8.01. The summed E-state index contributed by atoms with van der Waals surface area (Å²) < 4.78 is 5.18. The van der Waals surface area contributed by atoms with E-state index in [-0.39, 0.29) is 6.10 Å². The van der Waals surface area contributed by atoms with E-state index in [2.05, 4.69) is 10.3 Å². The molecule has 1 aromatic carbocycles. The van der Waals surface area contributed by atoms with E-state index in [9.17, 15) is 5.11 Å². The van der Waals surface area contributed by atoms with Gasteiger partial charge in [-0.3, -0.25) is 4.90 Å². The van der Waals surface area contributed by atoms with Gasteiger partial charge in [-0.2, -0.15) is 0 Å². The molecule has 0 aliphatic carbocycles. The normalized spacial score (nSPS) is 20.2. The molecule has 2 unspecified atom stereocenters. The van der Waals surface area contributed by atoms with Crippen molar-refractivity contribution in [3.05, 3.63) is 35.3 Å². The number of hydrogen-bond acceptors (Lipinski definition) is 5. The van der Waals surface area contributed by atoms with Crippen LogP contribution in [0.1, 0.15) is 19.0 Å². The second-order valence-electron chi connectivity index (χ2n) is 5.90. The van der Waals surface area contributed by atoms with Crippen molar-refractivity contribution in [2.45, 2.75) is 26.0 Å². The smallest absolute Gasteiger partial charge is 0.123 e. The number of aromatic nitrogens is 1. The van der Waals surface area contributed by atoms with Gasteiger partial charge in [-0.15, -0.1) is 11.3 Å². The van der Waals surface area contributed by atoms with Crippen molar-refractivity contribution >= 4 is 11.3 Å². The molecule has 0 saturated carbocycles. The summed E-state index contributed by atoms with van der Waals surface area (Å²) in [5.41, 5.74) is 2.24. The zero-order chi connectivity index (χ0) is 15.5. The number of rotatable bonds is 5. The number of hydrogen-bond donors (Lipinski definition) is 1. The average molecular weight is 318 g/mol. The monoisotopic (exact) mass is 318 g/mol. The van der Waals surface area contributed by atoms with Crippen molar-refractivity contribution < 1.29 is 9.84 Å². The Bertz CT molecular complexity index is 609. The Hall–Kier alpha value is -1.43. The molecular formula is C17H22N2O2S. The number of ether oxygens (including phenoxy) is 1. The molecule has 1 aliphatic heterocycles. The van der Waals surface area contributed by atoms with E-state index >= 15 is 0 Å². The molecule has 0 amide bonds. The summed E-state index contributed by atoms with van der Waals surface area (Å²) >= 11 is 1.68. The summed E-state index contributed by atoms with van der Waals surface area (Å²) in [6.45, 7) is 4.77. The highest BCUT2D eigenvalue weighted by Crippen LogP contribution is 2.27. The van der Waals surface area contributed by atoms with Crippen LogP contribution in [0.3, 0.4) is 0 Å². The van der Waals surface area contributed by atoms with Gasteiger partial charge in [0.1, 0.15) is 10.8 Å². The van der Waals surface area contributed by atoms with Crippen LogP contribution < -0.4 is 4.74 Å². The zero-order valence-corrected chi connectivity index (χ0v) is 13.8. The van der Waals surface area contributed by atoms with E-state index in [1.165, 1.54) is 0 Å². The predicted octanol–water partition coefficient (Wildman–Crippen LogP) is 3.02. The number of likely N-dealkylation sites (tertiary alicyclic amines) is 1. The van der Waals surface area contributed by atoms with Crippen LogP contribution in [0.25, 0.3) is 10.6 Å². The molecule has 0 bridgehead atoms. The second-order valence-corrected chi connectivity index (χ2v) is 6.76. The van der Waals surface area contributed by atoms with Crippen LogP contribution in [0.4, 0.5) is 0 Å². The molecular weight excluding hydrogens is 296 g/mol. The lowest BCUT2D eigenvalue weighted by Gasteiger charge is -2.16. The molecule has 3 rings (SSSR count). The molecule has 2 aromatic rings. The maximum absolute atomic E-state index is 9.68. The SMILES string of the molecule is COc1ccc(-c2nc(CN3CCC(C(C)O)C3)cs2)cc1. The maximum atomic E-state index is 9.68. The highest BCUT2D eigenvalue weighted by Gasteiger charge is 2.26. The number of benzene rings is 1. The molecule has 1 aromatic heterocycles. The fraction of sp³-hybridized carbons (Fsp3) is 0.471. The van der Waals surface area contributed by atoms with E-state index in [4.69, 9.17) is 9.72 Å². The lowest BCUT2D eigenvalue weighted by molar-refractivity contribution is 0.127. The fourth-order valence-electron chi connectivity index (χ4n) is 2.87. The highest BCUT2D eigenvalue weighted by molar-refractivity contribution is 7.13. The Balaban J connectivity index is 1.64. The number of nitrogens with zero attached hydrogens (tertiary/aromatic N) is 2. The van der Waals surface area contributed by atoms with Crippen molar-refractivity contribution in [3.8, 4) is 16.3 Å². The van der Waals surface area contributed by atoms with Crippen molar-refractivity contribution in [1.29, 1.82) is 0 Å². The molecule has 1 N–H and O–H groups in total. The van der Waals surface area contributed by atoms with Crippen LogP contribution in [0.5, 0.6) is 5.75 Å². The average Bonchev–Trinajstić information content (AvgIpc) is 3.17. The molecule has 118 valence electrons. The molecule has 2 heterocycles. The van der Waals surface area contributed by atoms with Gasteiger partial charge in [-0.1, -0.05) is 0 Å². The lowest BCUT2D eigenvalue weighted by atomic mass is 10.0. The van der Waals surface area contributed by atoms with E-state index in [1.54, 1.807) is 18.4 Å². The minimum atomic E-state index is -0.213. The standard InChI is InChI=1S/C17H22N2O2S/c1-12(20)14-7-8-19(9-14)10-15-11-22-17(18-15)13-3-5-16(21-2)6-4-13/h3-6,11-12,14,20H,7-10H2,1-2H3. The van der Waals surface area contributed by atoms with E-state index in [1.807, 2.05) is 31.2 Å². The topological polar surface area (TPSA) is 45.6 Å². The van der Waals surface area contributed by atoms with Crippen molar-refractivity contribution in [2.24, 2.45) is 5.92 Å². The Labute approximate surface area is 135 Å². The first-order chi connectivity index (χ1) is 10.7. The fourth-order valence-corrected chi connectivity index (χ4v) is 3.69. The largest absolute Gasteiger partial charge is 0.497 e. The molecule has 5 heteroatoms. The molecule has 4 nitrogen and oxygen atoms in total. The van der Waals surface area contributed by atoms with Crippen LogP contribution in [-0.2, 0) is 6.54 Å². The van der Waals surface area contributed by atoms with Gasteiger partial charge in [0.05, 0.1) is 18.9 Å². The molecule has 22 heavy (non-hydrogen) atoms. The summed E-state index contributed by atoms with van der Waals surface area (Å²) in [7, 11) is 1.67. The molecule has 1 saturated heterocycles. The number of aliphatic hydroxyl groups is 1. The minimum Gasteiger partial charge on any atom is -0.497 e. The lowest BCUT2D eigenvalue weighted by Crippen LogP contribution is -2.24. The highest BCUT2D eigenvalue weighted by atomic mass is 32.1. The Morgan fingerprint density at radius 1 is 1.41 bits per heavy atom. The van der Waals surface area contributed by atoms with Crippen molar-refractivity contribution in [1.82, 2.24) is 9.88 Å². The quantitative estimate of drug-likeness (QED) is 0.920. The maximum Gasteiger partial charge on any atom is 0.123 e. The van der Waals surface area contributed by atoms with Gasteiger partial charge in [-0.25, -0.2) is 4.98 Å². The van der Waals surface area contributed by atoms with E-state index in [0.717, 1.165) is 48.1 Å². The molecule has 0 spiro atoms. The molecule has 1 aliphatic rings. The Morgan fingerprint density at radius 3 is 2.82 bits per heavy atom. The Morgan fingerprint density at radius 2 is 2.18 bits per heavy atom. The molecule has 0 radical (unpaired) electrons. The number of methoxy groups -OCH3 is 1. The van der Waals surface area contributed by atoms with Crippen molar-refractivity contribution in [3.63, 3.8) is 0 Å². The van der Waals surface area contributed by atoms with Gasteiger partial charge in [-0.05, 0) is 50.1 Å². The van der Waals surface area contributed by atoms with Gasteiger partial charge < -0.3 is 9.84 Å². The van der Waals surface area contributed by atoms with Crippen LogP contribution in [0, 0.1) is 5.92 Å². The number of thiazole rings is 1. The van der Waals surface area contributed by atoms with Gasteiger partial charge in [0.25, 0.3) is 0 Å². The third-order valence-corrected chi connectivity index (χ3v) is 5.21. The van der Waals surface area contributed by atoms with Crippen molar-refractivity contribution in [2.75, 3.05) is 20.2 Å². The van der Waals surface area contributed by atoms with Crippen LogP contribution in [0.2, 0.25) is 0 Å². The molecule has 1 fully saturated rings. The third-order valence-electron chi connectivity index (χ3n) is 4.27. The Kier molecular flexibility index (Phi) is 4.76. The first-order valence-electron chi connectivity index (χ1n) is 7.65. The summed E-state index contributed by atoms with van der Waals surface area (Å²) in [4.78, 5) is 7.12. The van der Waals surface area contributed by atoms with E-state index in [0.29, 0.717) is 5.92 Å². The van der Waals surface area contributed by atoms with Gasteiger partial charge >= 0.3 is 0 Å². The minimum absolute atomic E-state index is 0.213. The summed E-state index contributed by atoms with van der Waals surface area (Å²) in [5.74, 6) is 1.27. The molecule has 2 atom stereocenters. The summed E-state index contributed by atoms with van der Waals surface area (Å²) in [5, 5.41) is 12.9. The summed E-state index contributed by atoms with van der Waals surface area (Å²) in [6.07, 6.45) is 0.864. The number of aliphatic hydroxyl groups excluding tert-OH is 1. The second kappa shape index (κ2) is 6.77. The van der Waals surface area contributed by atoms with Gasteiger partial charge in [0.2, 0.25) is 0 Å². The van der Waals surface area contributed by atoms with E-state index < -0.39 is 0 Å². The first-order valence-corrected chi connectivity index (χ1v) is 8.53. The third kappa shape index (κ3) is 3.48. The predicted molar refractivity (Wildman–Crippen MR) is 89.2 cm³/mol. The van der Waals surface area contributed by atoms with Crippen LogP contribution in [0.15, 0.2) is 29.6 Å². The van der Waals surface area contributed by atoms with Gasteiger partial charge in [0, 0.05) is 24.0 Å².